The van der Waals surface area contributed by atoms with E-state index in [1.54, 1.807) is 0 Å². The summed E-state index contributed by atoms with van der Waals surface area (Å²) in [5.74, 6) is 0.414. The van der Waals surface area contributed by atoms with Gasteiger partial charge >= 0.3 is 5.97 Å². The van der Waals surface area contributed by atoms with Crippen LogP contribution in [0.1, 0.15) is 32.1 Å². The molecule has 0 unspecified atom stereocenters. The number of halogens is 1. The second-order valence-electron chi connectivity index (χ2n) is 2.98. The molecule has 11 heavy (non-hydrogen) atoms. The first-order valence-corrected chi connectivity index (χ1v) is 4.58. The highest BCUT2D eigenvalue weighted by molar-refractivity contribution is 6.17. The first kappa shape index (κ1) is 8.85. The average Bonchev–Trinajstić information content (AvgIpc) is 2.40. The number of esters is 1. The maximum Gasteiger partial charge on any atom is 0.307 e. The van der Waals surface area contributed by atoms with E-state index < -0.39 is 0 Å². The largest absolute Gasteiger partial charge is 0.449 e. The fourth-order valence-electron chi connectivity index (χ4n) is 1.57. The maximum absolute atomic E-state index is 10.9. The van der Waals surface area contributed by atoms with Gasteiger partial charge in [-0.25, -0.2) is 0 Å². The Labute approximate surface area is 71.9 Å². The quantitative estimate of drug-likeness (QED) is 0.487. The van der Waals surface area contributed by atoms with Crippen LogP contribution >= 0.6 is 11.6 Å². The Morgan fingerprint density at radius 1 is 1.45 bits per heavy atom. The van der Waals surface area contributed by atoms with Crippen molar-refractivity contribution in [3.8, 4) is 0 Å². The molecule has 1 fully saturated rings. The minimum absolute atomic E-state index is 0.00838. The summed E-state index contributed by atoms with van der Waals surface area (Å²) in [5, 5.41) is 0. The van der Waals surface area contributed by atoms with E-state index in [1.165, 1.54) is 25.7 Å². The van der Waals surface area contributed by atoms with Gasteiger partial charge < -0.3 is 4.74 Å². The maximum atomic E-state index is 10.9. The van der Waals surface area contributed by atoms with Crippen molar-refractivity contribution >= 4 is 17.6 Å². The number of alkyl halides is 1. The van der Waals surface area contributed by atoms with Gasteiger partial charge in [-0.2, -0.15) is 0 Å². The molecule has 1 rings (SSSR count). The van der Waals surface area contributed by atoms with Crippen molar-refractivity contribution in [3.63, 3.8) is 0 Å². The van der Waals surface area contributed by atoms with Gasteiger partial charge in [-0.15, -0.1) is 0 Å². The predicted octanol–water partition coefficient (Wildman–Crippen LogP) is 2.31. The molecule has 0 atom stereocenters. The Morgan fingerprint density at radius 2 is 2.09 bits per heavy atom. The van der Waals surface area contributed by atoms with Gasteiger partial charge in [0.1, 0.15) is 0 Å². The molecular weight excluding hydrogens is 164 g/mol. The molecule has 0 aromatic carbocycles. The lowest BCUT2D eigenvalue weighted by molar-refractivity contribution is -0.142. The Hall–Kier alpha value is -0.240. The van der Waals surface area contributed by atoms with E-state index in [-0.39, 0.29) is 12.0 Å². The smallest absolute Gasteiger partial charge is 0.307 e. The fraction of sp³-hybridized carbons (Fsp3) is 0.875. The van der Waals surface area contributed by atoms with Crippen LogP contribution < -0.4 is 0 Å². The Bertz CT molecular complexity index is 130. The van der Waals surface area contributed by atoms with Crippen LogP contribution in [0.25, 0.3) is 0 Å². The lowest BCUT2D eigenvalue weighted by atomic mass is 10.1. The lowest BCUT2D eigenvalue weighted by Crippen LogP contribution is -2.08. The van der Waals surface area contributed by atoms with E-state index >= 15 is 0 Å². The van der Waals surface area contributed by atoms with E-state index in [0.29, 0.717) is 12.3 Å². The highest BCUT2D eigenvalue weighted by Gasteiger charge is 2.18. The number of carbonyl (C=O) groups excluding carboxylic acids is 1. The summed E-state index contributed by atoms with van der Waals surface area (Å²) in [5.41, 5.74) is 0. The van der Waals surface area contributed by atoms with Gasteiger partial charge in [-0.05, 0) is 18.8 Å². The van der Waals surface area contributed by atoms with Crippen LogP contribution in [0.3, 0.4) is 0 Å². The zero-order valence-electron chi connectivity index (χ0n) is 6.51. The van der Waals surface area contributed by atoms with Gasteiger partial charge in [0, 0.05) is 6.42 Å². The van der Waals surface area contributed by atoms with E-state index in [4.69, 9.17) is 11.6 Å². The van der Waals surface area contributed by atoms with Crippen molar-refractivity contribution in [2.24, 2.45) is 5.92 Å². The van der Waals surface area contributed by atoms with Gasteiger partial charge in [0.15, 0.2) is 6.07 Å². The standard InChI is InChI=1S/C8H13ClO2/c9-6-11-8(10)5-7-3-1-2-4-7/h7H,1-6H2. The number of rotatable bonds is 3. The highest BCUT2D eigenvalue weighted by Crippen LogP contribution is 2.27. The molecule has 0 aliphatic heterocycles. The molecule has 3 heteroatoms. The molecule has 0 aromatic heterocycles. The molecule has 0 aromatic rings. The van der Waals surface area contributed by atoms with E-state index in [0.717, 1.165) is 0 Å². The second kappa shape index (κ2) is 4.60. The molecule has 0 saturated heterocycles. The number of hydrogen-bond acceptors (Lipinski definition) is 2. The van der Waals surface area contributed by atoms with Gasteiger partial charge in [0.2, 0.25) is 0 Å². The number of ether oxygens (including phenoxy) is 1. The van der Waals surface area contributed by atoms with Gasteiger partial charge in [-0.3, -0.25) is 4.79 Å². The third-order valence-corrected chi connectivity index (χ3v) is 2.25. The van der Waals surface area contributed by atoms with Crippen LogP contribution in [-0.2, 0) is 9.53 Å². The minimum Gasteiger partial charge on any atom is -0.449 e. The first-order chi connectivity index (χ1) is 5.33. The fourth-order valence-corrected chi connectivity index (χ4v) is 1.69. The summed E-state index contributed by atoms with van der Waals surface area (Å²) in [6.45, 7) is 0. The van der Waals surface area contributed by atoms with Crippen molar-refractivity contribution < 1.29 is 9.53 Å². The Kier molecular flexibility index (Phi) is 3.70. The molecule has 64 valence electrons. The number of hydrogen-bond donors (Lipinski definition) is 0. The van der Waals surface area contributed by atoms with Crippen molar-refractivity contribution in [1.82, 2.24) is 0 Å². The predicted molar refractivity (Wildman–Crippen MR) is 43.4 cm³/mol. The zero-order chi connectivity index (χ0) is 8.10. The Balaban J connectivity index is 2.13. The number of carbonyl (C=O) groups is 1. The molecule has 2 nitrogen and oxygen atoms in total. The van der Waals surface area contributed by atoms with Crippen LogP contribution in [0.5, 0.6) is 0 Å². The third kappa shape index (κ3) is 3.10. The van der Waals surface area contributed by atoms with Crippen LogP contribution in [0, 0.1) is 5.92 Å². The third-order valence-electron chi connectivity index (χ3n) is 2.15. The Morgan fingerprint density at radius 3 is 2.64 bits per heavy atom. The first-order valence-electron chi connectivity index (χ1n) is 4.04. The average molecular weight is 177 g/mol. The molecule has 0 bridgehead atoms. The minimum atomic E-state index is -0.146. The molecule has 0 heterocycles. The molecular formula is C8H13ClO2. The summed E-state index contributed by atoms with van der Waals surface area (Å²) in [6.07, 6.45) is 5.44. The molecule has 0 amide bonds. The van der Waals surface area contributed by atoms with Gasteiger partial charge in [0.25, 0.3) is 0 Å². The van der Waals surface area contributed by atoms with Gasteiger partial charge in [-0.1, -0.05) is 24.4 Å². The van der Waals surface area contributed by atoms with Crippen LogP contribution in [0.4, 0.5) is 0 Å². The van der Waals surface area contributed by atoms with Gasteiger partial charge in [0.05, 0.1) is 0 Å². The van der Waals surface area contributed by atoms with Crippen molar-refractivity contribution in [2.45, 2.75) is 32.1 Å². The SMILES string of the molecule is O=C(CC1CCCC1)OCCl. The summed E-state index contributed by atoms with van der Waals surface area (Å²) in [4.78, 5) is 10.9. The van der Waals surface area contributed by atoms with Crippen LogP contribution in [0.15, 0.2) is 0 Å². The molecule has 1 aliphatic carbocycles. The zero-order valence-corrected chi connectivity index (χ0v) is 7.27. The highest BCUT2D eigenvalue weighted by atomic mass is 35.5. The van der Waals surface area contributed by atoms with Crippen LogP contribution in [-0.4, -0.2) is 12.0 Å². The van der Waals surface area contributed by atoms with Crippen LogP contribution in [0.2, 0.25) is 0 Å². The van der Waals surface area contributed by atoms with Crippen molar-refractivity contribution in [3.05, 3.63) is 0 Å². The summed E-state index contributed by atoms with van der Waals surface area (Å²) < 4.78 is 4.63. The monoisotopic (exact) mass is 176 g/mol. The summed E-state index contributed by atoms with van der Waals surface area (Å²) >= 11 is 5.24. The van der Waals surface area contributed by atoms with E-state index in [2.05, 4.69) is 4.74 Å². The lowest BCUT2D eigenvalue weighted by Gasteiger charge is -2.06. The molecule has 1 aliphatic rings. The summed E-state index contributed by atoms with van der Waals surface area (Å²) in [6, 6.07) is -0.00838. The molecule has 1 saturated carbocycles. The van der Waals surface area contributed by atoms with E-state index in [1.807, 2.05) is 0 Å². The summed E-state index contributed by atoms with van der Waals surface area (Å²) in [7, 11) is 0. The van der Waals surface area contributed by atoms with Crippen molar-refractivity contribution in [2.75, 3.05) is 6.07 Å². The topological polar surface area (TPSA) is 26.3 Å². The molecule has 0 spiro atoms. The normalized spacial score (nSPS) is 18.6. The van der Waals surface area contributed by atoms with E-state index in [9.17, 15) is 4.79 Å². The van der Waals surface area contributed by atoms with Crippen molar-refractivity contribution in [1.29, 1.82) is 0 Å². The molecule has 0 N–H and O–H groups in total. The second-order valence-corrected chi connectivity index (χ2v) is 3.20. The molecule has 0 radical (unpaired) electrons.